The number of hydrogen-bond donors (Lipinski definition) is 1. The molecule has 0 amide bonds. The lowest BCUT2D eigenvalue weighted by atomic mass is 10.1. The molecule has 0 aromatic heterocycles. The maximum atomic E-state index is 11.8. The van der Waals surface area contributed by atoms with E-state index >= 15 is 0 Å². The third kappa shape index (κ3) is 8.32. The number of para-hydroxylation sites is 1. The summed E-state index contributed by atoms with van der Waals surface area (Å²) in [5.41, 5.74) is 0.00959. The van der Waals surface area contributed by atoms with Crippen molar-refractivity contribution in [1.29, 1.82) is 0 Å². The molecule has 0 aliphatic rings. The zero-order valence-corrected chi connectivity index (χ0v) is 14.1. The molecule has 0 fully saturated rings. The van der Waals surface area contributed by atoms with Crippen LogP contribution in [-0.2, 0) is 4.79 Å². The van der Waals surface area contributed by atoms with Crippen LogP contribution in [0.15, 0.2) is 49.1 Å². The fourth-order valence-electron chi connectivity index (χ4n) is 2.28. The Labute approximate surface area is 143 Å². The lowest BCUT2D eigenvalue weighted by Crippen LogP contribution is -2.10. The summed E-state index contributed by atoms with van der Waals surface area (Å²) in [4.78, 5) is 22.8. The Kier molecular flexibility index (Phi) is 9.93. The van der Waals surface area contributed by atoms with E-state index in [2.05, 4.69) is 18.7 Å². The van der Waals surface area contributed by atoms with Crippen molar-refractivity contribution in [2.24, 2.45) is 0 Å². The van der Waals surface area contributed by atoms with Gasteiger partial charge in [0.25, 0.3) is 0 Å². The number of allylic oxidation sites excluding steroid dienone is 3. The number of rotatable bonds is 12. The number of esters is 1. The normalized spacial score (nSPS) is 10.7. The first-order chi connectivity index (χ1) is 11.6. The maximum Gasteiger partial charge on any atom is 0.339 e. The Morgan fingerprint density at radius 2 is 1.75 bits per heavy atom. The van der Waals surface area contributed by atoms with E-state index in [1.165, 1.54) is 12.1 Å². The lowest BCUT2D eigenvalue weighted by Gasteiger charge is -2.07. The Hall–Kier alpha value is -2.36. The predicted octanol–water partition coefficient (Wildman–Crippen LogP) is 5.15. The first kappa shape index (κ1) is 19.7. The van der Waals surface area contributed by atoms with Crippen molar-refractivity contribution in [2.45, 2.75) is 51.4 Å². The molecular weight excluding hydrogens is 304 g/mol. The summed E-state index contributed by atoms with van der Waals surface area (Å²) in [6.07, 6.45) is 13.6. The topological polar surface area (TPSA) is 63.6 Å². The highest BCUT2D eigenvalue weighted by molar-refractivity contribution is 5.91. The fraction of sp³-hybridized carbons (Fsp3) is 0.400. The molecule has 0 saturated carbocycles. The van der Waals surface area contributed by atoms with E-state index in [0.717, 1.165) is 44.9 Å². The van der Waals surface area contributed by atoms with E-state index in [9.17, 15) is 9.59 Å². The second-order valence-electron chi connectivity index (χ2n) is 5.58. The molecule has 1 rings (SSSR count). The number of benzene rings is 1. The fourth-order valence-corrected chi connectivity index (χ4v) is 2.28. The molecule has 1 aromatic rings. The first-order valence-electron chi connectivity index (χ1n) is 8.44. The van der Waals surface area contributed by atoms with Gasteiger partial charge in [0.15, 0.2) is 0 Å². The zero-order chi connectivity index (χ0) is 17.6. The number of hydrogen-bond acceptors (Lipinski definition) is 3. The van der Waals surface area contributed by atoms with Crippen LogP contribution in [0.5, 0.6) is 5.75 Å². The predicted molar refractivity (Wildman–Crippen MR) is 95.3 cm³/mol. The van der Waals surface area contributed by atoms with Crippen molar-refractivity contribution < 1.29 is 19.4 Å². The van der Waals surface area contributed by atoms with Crippen LogP contribution >= 0.6 is 0 Å². The van der Waals surface area contributed by atoms with Gasteiger partial charge in [-0.05, 0) is 37.8 Å². The summed E-state index contributed by atoms with van der Waals surface area (Å²) in [5.74, 6) is -1.36. The molecule has 24 heavy (non-hydrogen) atoms. The summed E-state index contributed by atoms with van der Waals surface area (Å²) in [7, 11) is 0. The third-order valence-corrected chi connectivity index (χ3v) is 3.56. The van der Waals surface area contributed by atoms with E-state index in [4.69, 9.17) is 9.84 Å². The molecule has 0 unspecified atom stereocenters. The Bertz CT molecular complexity index is 561. The number of carboxylic acid groups (broad SMARTS) is 1. The van der Waals surface area contributed by atoms with Gasteiger partial charge in [0.2, 0.25) is 0 Å². The molecule has 0 heterocycles. The van der Waals surface area contributed by atoms with Gasteiger partial charge in [-0.25, -0.2) is 4.79 Å². The van der Waals surface area contributed by atoms with Gasteiger partial charge >= 0.3 is 11.9 Å². The van der Waals surface area contributed by atoms with E-state index in [-0.39, 0.29) is 17.3 Å². The molecule has 4 nitrogen and oxygen atoms in total. The standard InChI is InChI=1S/C20H26O4/c1-2-3-4-5-6-7-8-9-10-11-16-19(21)24-18-15-13-12-14-17(18)20(22)23/h2,4-5,12-15H,1,3,6-11,16H2,(H,22,23). The van der Waals surface area contributed by atoms with E-state index < -0.39 is 5.97 Å². The van der Waals surface area contributed by atoms with Crippen LogP contribution in [0.4, 0.5) is 0 Å². The van der Waals surface area contributed by atoms with Gasteiger partial charge in [0.05, 0.1) is 0 Å². The Balaban J connectivity index is 2.15. The summed E-state index contributed by atoms with van der Waals surface area (Å²) in [5, 5.41) is 9.04. The lowest BCUT2D eigenvalue weighted by molar-refractivity contribution is -0.134. The number of ether oxygens (including phenoxy) is 1. The van der Waals surface area contributed by atoms with Crippen LogP contribution in [0.2, 0.25) is 0 Å². The average molecular weight is 330 g/mol. The second kappa shape index (κ2) is 12.1. The minimum Gasteiger partial charge on any atom is -0.478 e. The smallest absolute Gasteiger partial charge is 0.339 e. The maximum absolute atomic E-state index is 11.8. The van der Waals surface area contributed by atoms with Crippen LogP contribution in [0, 0.1) is 0 Å². The molecule has 0 saturated heterocycles. The van der Waals surface area contributed by atoms with E-state index in [0.29, 0.717) is 6.42 Å². The average Bonchev–Trinajstić information content (AvgIpc) is 2.57. The van der Waals surface area contributed by atoms with Crippen LogP contribution in [0.1, 0.15) is 61.7 Å². The highest BCUT2D eigenvalue weighted by Crippen LogP contribution is 2.19. The van der Waals surface area contributed by atoms with Crippen molar-refractivity contribution in [3.05, 3.63) is 54.6 Å². The van der Waals surface area contributed by atoms with Gasteiger partial charge in [0, 0.05) is 6.42 Å². The Morgan fingerprint density at radius 1 is 1.04 bits per heavy atom. The zero-order valence-electron chi connectivity index (χ0n) is 14.1. The van der Waals surface area contributed by atoms with Crippen molar-refractivity contribution in [3.63, 3.8) is 0 Å². The van der Waals surface area contributed by atoms with Crippen LogP contribution < -0.4 is 4.74 Å². The van der Waals surface area contributed by atoms with Crippen LogP contribution in [-0.4, -0.2) is 17.0 Å². The molecule has 0 spiro atoms. The minimum absolute atomic E-state index is 0.00959. The van der Waals surface area contributed by atoms with Crippen molar-refractivity contribution >= 4 is 11.9 Å². The van der Waals surface area contributed by atoms with Gasteiger partial charge in [-0.3, -0.25) is 4.79 Å². The van der Waals surface area contributed by atoms with Gasteiger partial charge in [-0.15, -0.1) is 6.58 Å². The van der Waals surface area contributed by atoms with Crippen molar-refractivity contribution in [2.75, 3.05) is 0 Å². The largest absolute Gasteiger partial charge is 0.478 e. The number of aromatic carboxylic acids is 1. The molecule has 0 bridgehead atoms. The molecular formula is C20H26O4. The SMILES string of the molecule is C=CCC=CCCCCCCCC(=O)Oc1ccccc1C(=O)O. The molecule has 0 aliphatic heterocycles. The molecule has 0 atom stereocenters. The second-order valence-corrected chi connectivity index (χ2v) is 5.58. The molecule has 0 radical (unpaired) electrons. The molecule has 4 heteroatoms. The number of carbonyl (C=O) groups is 2. The first-order valence-corrected chi connectivity index (χ1v) is 8.44. The van der Waals surface area contributed by atoms with Gasteiger partial charge < -0.3 is 9.84 Å². The summed E-state index contributed by atoms with van der Waals surface area (Å²) < 4.78 is 5.15. The van der Waals surface area contributed by atoms with Crippen LogP contribution in [0.25, 0.3) is 0 Å². The van der Waals surface area contributed by atoms with E-state index in [1.54, 1.807) is 12.1 Å². The molecule has 1 N–H and O–H groups in total. The minimum atomic E-state index is -1.10. The quantitative estimate of drug-likeness (QED) is 0.249. The summed E-state index contributed by atoms with van der Waals surface area (Å²) in [6, 6.07) is 6.18. The summed E-state index contributed by atoms with van der Waals surface area (Å²) in [6.45, 7) is 3.66. The summed E-state index contributed by atoms with van der Waals surface area (Å²) >= 11 is 0. The van der Waals surface area contributed by atoms with Crippen molar-refractivity contribution in [3.8, 4) is 5.75 Å². The number of carbonyl (C=O) groups excluding carboxylic acids is 1. The number of unbranched alkanes of at least 4 members (excludes halogenated alkanes) is 5. The van der Waals surface area contributed by atoms with Gasteiger partial charge in [0.1, 0.15) is 11.3 Å². The monoisotopic (exact) mass is 330 g/mol. The highest BCUT2D eigenvalue weighted by Gasteiger charge is 2.13. The third-order valence-electron chi connectivity index (χ3n) is 3.56. The number of carboxylic acids is 1. The van der Waals surface area contributed by atoms with Crippen LogP contribution in [0.3, 0.4) is 0 Å². The van der Waals surface area contributed by atoms with Gasteiger partial charge in [-0.2, -0.15) is 0 Å². The van der Waals surface area contributed by atoms with E-state index in [1.807, 2.05) is 6.08 Å². The molecule has 1 aromatic carbocycles. The van der Waals surface area contributed by atoms with Gasteiger partial charge in [-0.1, -0.05) is 49.6 Å². The molecule has 0 aliphatic carbocycles. The Morgan fingerprint density at radius 3 is 2.50 bits per heavy atom. The molecule has 130 valence electrons. The van der Waals surface area contributed by atoms with Crippen molar-refractivity contribution in [1.82, 2.24) is 0 Å². The highest BCUT2D eigenvalue weighted by atomic mass is 16.5.